The van der Waals surface area contributed by atoms with Crippen molar-refractivity contribution >= 4 is 28.9 Å². The van der Waals surface area contributed by atoms with E-state index in [9.17, 15) is 9.18 Å². The lowest BCUT2D eigenvalue weighted by atomic mass is 10.1. The van der Waals surface area contributed by atoms with Crippen molar-refractivity contribution in [3.05, 3.63) is 71.2 Å². The number of carbonyl (C=O) groups excluding carboxylic acids is 1. The smallest absolute Gasteiger partial charge is 0.278 e. The minimum atomic E-state index is -0.264. The number of nitrogens with zero attached hydrogens (tertiary/aromatic N) is 2. The highest BCUT2D eigenvalue weighted by molar-refractivity contribution is 8.13. The Morgan fingerprint density at radius 3 is 2.88 bits per heavy atom. The molecule has 1 fully saturated rings. The monoisotopic (exact) mass is 368 g/mol. The summed E-state index contributed by atoms with van der Waals surface area (Å²) in [4.78, 5) is 18.6. The standard InChI is InChI=1S/C20H17FN2O2S/c21-16-7-5-14(6-8-16)13-25-17-4-1-3-15(11-17)12-18-19(24)23-9-2-10-26-20(23)22-18/h1,3-8,11-12H,2,9-10,13H2/b18-12+. The highest BCUT2D eigenvalue weighted by Gasteiger charge is 2.32. The molecule has 2 aliphatic rings. The van der Waals surface area contributed by atoms with Crippen molar-refractivity contribution in [2.45, 2.75) is 13.0 Å². The van der Waals surface area contributed by atoms with E-state index in [-0.39, 0.29) is 11.7 Å². The number of hydrogen-bond acceptors (Lipinski definition) is 4. The van der Waals surface area contributed by atoms with Crippen LogP contribution >= 0.6 is 11.8 Å². The maximum Gasteiger partial charge on any atom is 0.278 e. The van der Waals surface area contributed by atoms with Gasteiger partial charge >= 0.3 is 0 Å². The van der Waals surface area contributed by atoms with Crippen LogP contribution in [-0.4, -0.2) is 28.3 Å². The van der Waals surface area contributed by atoms with Gasteiger partial charge in [0.1, 0.15) is 23.9 Å². The Morgan fingerprint density at radius 2 is 2.08 bits per heavy atom. The number of aliphatic imine (C=N–C) groups is 1. The molecule has 6 heteroatoms. The number of benzene rings is 2. The first-order valence-electron chi connectivity index (χ1n) is 8.41. The highest BCUT2D eigenvalue weighted by Crippen LogP contribution is 2.28. The van der Waals surface area contributed by atoms with Gasteiger partial charge in [-0.15, -0.1) is 0 Å². The van der Waals surface area contributed by atoms with Crippen LogP contribution in [0.1, 0.15) is 17.5 Å². The van der Waals surface area contributed by atoms with Gasteiger partial charge in [0.2, 0.25) is 0 Å². The first-order chi connectivity index (χ1) is 12.7. The molecule has 2 heterocycles. The van der Waals surface area contributed by atoms with Crippen LogP contribution in [0.15, 0.2) is 59.2 Å². The molecule has 4 rings (SSSR count). The Hall–Kier alpha value is -2.60. The minimum absolute atomic E-state index is 0.0372. The van der Waals surface area contributed by atoms with Gasteiger partial charge in [0, 0.05) is 12.3 Å². The second-order valence-electron chi connectivity index (χ2n) is 6.07. The Labute approximate surface area is 155 Å². The summed E-state index contributed by atoms with van der Waals surface area (Å²) >= 11 is 1.62. The molecule has 0 radical (unpaired) electrons. The van der Waals surface area contributed by atoms with Gasteiger partial charge in [-0.3, -0.25) is 9.69 Å². The van der Waals surface area contributed by atoms with Crippen molar-refractivity contribution in [1.82, 2.24) is 4.90 Å². The van der Waals surface area contributed by atoms with E-state index in [4.69, 9.17) is 4.74 Å². The summed E-state index contributed by atoms with van der Waals surface area (Å²) < 4.78 is 18.7. The van der Waals surface area contributed by atoms with E-state index < -0.39 is 0 Å². The molecular formula is C20H17FN2O2S. The third kappa shape index (κ3) is 3.65. The topological polar surface area (TPSA) is 41.9 Å². The summed E-state index contributed by atoms with van der Waals surface area (Å²) in [6, 6.07) is 13.7. The lowest BCUT2D eigenvalue weighted by molar-refractivity contribution is -0.122. The van der Waals surface area contributed by atoms with Crippen molar-refractivity contribution in [2.24, 2.45) is 4.99 Å². The third-order valence-corrected chi connectivity index (χ3v) is 5.21. The van der Waals surface area contributed by atoms with Gasteiger partial charge < -0.3 is 4.74 Å². The third-order valence-electron chi connectivity index (χ3n) is 4.15. The molecule has 132 valence electrons. The Balaban J connectivity index is 1.48. The molecule has 0 atom stereocenters. The Kier molecular flexibility index (Phi) is 4.75. The summed E-state index contributed by atoms with van der Waals surface area (Å²) in [5, 5.41) is 0.802. The van der Waals surface area contributed by atoms with Crippen LogP contribution in [0.4, 0.5) is 4.39 Å². The fourth-order valence-electron chi connectivity index (χ4n) is 2.82. The quantitative estimate of drug-likeness (QED) is 0.764. The second kappa shape index (κ2) is 7.33. The van der Waals surface area contributed by atoms with Gasteiger partial charge in [-0.2, -0.15) is 0 Å². The predicted molar refractivity (Wildman–Crippen MR) is 101 cm³/mol. The number of amides is 1. The maximum atomic E-state index is 12.9. The van der Waals surface area contributed by atoms with Crippen LogP contribution in [0, 0.1) is 5.82 Å². The first kappa shape index (κ1) is 16.8. The van der Waals surface area contributed by atoms with Gasteiger partial charge in [0.25, 0.3) is 5.91 Å². The lowest BCUT2D eigenvalue weighted by Gasteiger charge is -2.21. The molecule has 0 bridgehead atoms. The predicted octanol–water partition coefficient (Wildman–Crippen LogP) is 4.08. The molecule has 1 amide bonds. The van der Waals surface area contributed by atoms with Gasteiger partial charge in [-0.05, 0) is 47.9 Å². The van der Waals surface area contributed by atoms with E-state index in [1.165, 1.54) is 12.1 Å². The molecule has 0 unspecified atom stereocenters. The Bertz CT molecular complexity index is 893. The molecule has 0 spiro atoms. The SMILES string of the molecule is O=C1/C(=C\c2cccc(OCc3ccc(F)cc3)c2)N=C2SCCCN12. The van der Waals surface area contributed by atoms with Crippen LogP contribution in [-0.2, 0) is 11.4 Å². The summed E-state index contributed by atoms with van der Waals surface area (Å²) in [6.07, 6.45) is 2.79. The first-order valence-corrected chi connectivity index (χ1v) is 9.40. The minimum Gasteiger partial charge on any atom is -0.489 e. The van der Waals surface area contributed by atoms with Crippen molar-refractivity contribution < 1.29 is 13.9 Å². The average molecular weight is 368 g/mol. The zero-order chi connectivity index (χ0) is 17.9. The molecule has 4 nitrogen and oxygen atoms in total. The van der Waals surface area contributed by atoms with E-state index in [1.807, 2.05) is 24.3 Å². The average Bonchev–Trinajstić information content (AvgIpc) is 2.98. The number of ether oxygens (including phenoxy) is 1. The molecule has 0 aromatic heterocycles. The fraction of sp³-hybridized carbons (Fsp3) is 0.200. The number of fused-ring (bicyclic) bond motifs is 1. The van der Waals surface area contributed by atoms with Crippen molar-refractivity contribution in [1.29, 1.82) is 0 Å². The van der Waals surface area contributed by atoms with Crippen LogP contribution < -0.4 is 4.74 Å². The molecule has 2 aromatic carbocycles. The second-order valence-corrected chi connectivity index (χ2v) is 7.13. The Morgan fingerprint density at radius 1 is 1.23 bits per heavy atom. The molecule has 0 saturated carbocycles. The van der Waals surface area contributed by atoms with E-state index >= 15 is 0 Å². The number of halogens is 1. The molecule has 1 saturated heterocycles. The van der Waals surface area contributed by atoms with E-state index in [2.05, 4.69) is 4.99 Å². The van der Waals surface area contributed by atoms with Gasteiger partial charge in [-0.1, -0.05) is 36.0 Å². The molecule has 26 heavy (non-hydrogen) atoms. The van der Waals surface area contributed by atoms with Gasteiger partial charge in [0.15, 0.2) is 5.17 Å². The van der Waals surface area contributed by atoms with Crippen LogP contribution in [0.5, 0.6) is 5.75 Å². The van der Waals surface area contributed by atoms with Gasteiger partial charge in [-0.25, -0.2) is 9.38 Å². The molecule has 0 N–H and O–H groups in total. The van der Waals surface area contributed by atoms with E-state index in [0.717, 1.165) is 35.0 Å². The van der Waals surface area contributed by atoms with Crippen LogP contribution in [0.3, 0.4) is 0 Å². The number of rotatable bonds is 4. The lowest BCUT2D eigenvalue weighted by Crippen LogP contribution is -2.34. The zero-order valence-electron chi connectivity index (χ0n) is 14.0. The zero-order valence-corrected chi connectivity index (χ0v) is 14.8. The number of thioether (sulfide) groups is 1. The molecule has 2 aromatic rings. The van der Waals surface area contributed by atoms with Crippen molar-refractivity contribution in [2.75, 3.05) is 12.3 Å². The number of carbonyl (C=O) groups is 1. The largest absolute Gasteiger partial charge is 0.489 e. The summed E-state index contributed by atoms with van der Waals surface area (Å²) in [6.45, 7) is 1.09. The fourth-order valence-corrected chi connectivity index (χ4v) is 3.77. The molecule has 0 aliphatic carbocycles. The molecular weight excluding hydrogens is 351 g/mol. The number of amidine groups is 1. The van der Waals surface area contributed by atoms with Crippen molar-refractivity contribution in [3.8, 4) is 5.75 Å². The van der Waals surface area contributed by atoms with Crippen LogP contribution in [0.2, 0.25) is 0 Å². The van der Waals surface area contributed by atoms with E-state index in [0.29, 0.717) is 18.1 Å². The van der Waals surface area contributed by atoms with Gasteiger partial charge in [0.05, 0.1) is 0 Å². The summed E-state index contributed by atoms with van der Waals surface area (Å²) in [7, 11) is 0. The highest BCUT2D eigenvalue weighted by atomic mass is 32.2. The summed E-state index contributed by atoms with van der Waals surface area (Å²) in [5.74, 6) is 1.39. The van der Waals surface area contributed by atoms with E-state index in [1.54, 1.807) is 34.9 Å². The normalized spacial score (nSPS) is 18.0. The summed E-state index contributed by atoms with van der Waals surface area (Å²) in [5.41, 5.74) is 2.21. The molecule has 2 aliphatic heterocycles. The van der Waals surface area contributed by atoms with Crippen LogP contribution in [0.25, 0.3) is 6.08 Å². The van der Waals surface area contributed by atoms with Crippen molar-refractivity contribution in [3.63, 3.8) is 0 Å². The maximum absolute atomic E-state index is 12.9. The number of hydrogen-bond donors (Lipinski definition) is 0.